The molecule has 0 aliphatic heterocycles. The molecule has 0 fully saturated rings. The maximum atomic E-state index is 12.8. The summed E-state index contributed by atoms with van der Waals surface area (Å²) in [6.07, 6.45) is 2.41. The Morgan fingerprint density at radius 1 is 1.32 bits per heavy atom. The number of hydrogen-bond acceptors (Lipinski definition) is 5. The molecule has 0 amide bonds. The van der Waals surface area contributed by atoms with Gasteiger partial charge in [-0.3, -0.25) is 4.68 Å². The highest BCUT2D eigenvalue weighted by Crippen LogP contribution is 2.26. The molecule has 0 radical (unpaired) electrons. The molecular weight excluding hydrogens is 320 g/mol. The fourth-order valence-corrected chi connectivity index (χ4v) is 5.14. The van der Waals surface area contributed by atoms with E-state index in [1.54, 1.807) is 24.7 Å². The fourth-order valence-electron chi connectivity index (χ4n) is 2.47. The van der Waals surface area contributed by atoms with E-state index in [4.69, 9.17) is 0 Å². The third-order valence-corrected chi connectivity index (χ3v) is 6.28. The largest absolute Gasteiger partial charge is 0.268 e. The Morgan fingerprint density at radius 3 is 2.45 bits per heavy atom. The Bertz CT molecular complexity index is 762. The second kappa shape index (κ2) is 6.47. The number of sulfonamides is 1. The van der Waals surface area contributed by atoms with Crippen LogP contribution in [0, 0.1) is 20.8 Å². The van der Waals surface area contributed by atoms with E-state index in [9.17, 15) is 8.42 Å². The van der Waals surface area contributed by atoms with Crippen molar-refractivity contribution in [3.8, 4) is 0 Å². The van der Waals surface area contributed by atoms with Gasteiger partial charge >= 0.3 is 0 Å². The molecule has 122 valence electrons. The van der Waals surface area contributed by atoms with Crippen LogP contribution in [0.3, 0.4) is 0 Å². The van der Waals surface area contributed by atoms with E-state index in [-0.39, 0.29) is 10.9 Å². The molecule has 2 rings (SSSR count). The van der Waals surface area contributed by atoms with Crippen LogP contribution >= 0.6 is 11.3 Å². The van der Waals surface area contributed by atoms with Gasteiger partial charge in [-0.15, -0.1) is 11.3 Å². The summed E-state index contributed by atoms with van der Waals surface area (Å²) in [6.45, 7) is 10.00. The Morgan fingerprint density at radius 2 is 2.00 bits per heavy atom. The fraction of sp³-hybridized carbons (Fsp3) is 0.571. The van der Waals surface area contributed by atoms with Gasteiger partial charge in [0.15, 0.2) is 0 Å². The van der Waals surface area contributed by atoms with Crippen molar-refractivity contribution in [2.75, 3.05) is 0 Å². The molecule has 6 nitrogen and oxygen atoms in total. The number of rotatable bonds is 6. The van der Waals surface area contributed by atoms with Crippen molar-refractivity contribution in [2.45, 2.75) is 58.5 Å². The zero-order chi connectivity index (χ0) is 16.5. The van der Waals surface area contributed by atoms with Gasteiger partial charge in [0.05, 0.1) is 17.4 Å². The van der Waals surface area contributed by atoms with E-state index in [2.05, 4.69) is 14.8 Å². The van der Waals surface area contributed by atoms with Gasteiger partial charge in [-0.05, 0) is 34.1 Å². The zero-order valence-corrected chi connectivity index (χ0v) is 15.2. The summed E-state index contributed by atoms with van der Waals surface area (Å²) < 4.78 is 30.0. The molecule has 0 saturated heterocycles. The van der Waals surface area contributed by atoms with Crippen LogP contribution in [0.25, 0.3) is 0 Å². The highest BCUT2D eigenvalue weighted by Gasteiger charge is 2.28. The number of nitrogens with zero attached hydrogens (tertiary/aromatic N) is 3. The van der Waals surface area contributed by atoms with Crippen LogP contribution in [0.15, 0.2) is 11.1 Å². The second-order valence-electron chi connectivity index (χ2n) is 5.21. The maximum absolute atomic E-state index is 12.8. The molecule has 0 aromatic carbocycles. The summed E-state index contributed by atoms with van der Waals surface area (Å²) in [6, 6.07) is -0.313. The van der Waals surface area contributed by atoms with Crippen molar-refractivity contribution >= 4 is 21.4 Å². The molecule has 2 aromatic rings. The van der Waals surface area contributed by atoms with Gasteiger partial charge in [-0.25, -0.2) is 18.1 Å². The standard InChI is InChI=1S/C14H22N4O2S2/c1-6-12(14-15-8-9(3)21-14)17-22(19,20)13-10(4)16-18(7-2)11(13)5/h8,12,17H,6-7H2,1-5H3/t12-/m1/s1. The van der Waals surface area contributed by atoms with Gasteiger partial charge in [0, 0.05) is 17.6 Å². The van der Waals surface area contributed by atoms with Crippen molar-refractivity contribution in [3.05, 3.63) is 27.5 Å². The molecule has 1 atom stereocenters. The number of aryl methyl sites for hydroxylation is 3. The topological polar surface area (TPSA) is 76.9 Å². The Balaban J connectivity index is 2.36. The van der Waals surface area contributed by atoms with Crippen LogP contribution in [-0.4, -0.2) is 23.2 Å². The van der Waals surface area contributed by atoms with Crippen molar-refractivity contribution in [2.24, 2.45) is 0 Å². The first-order chi connectivity index (χ1) is 10.3. The first-order valence-corrected chi connectivity index (χ1v) is 9.58. The van der Waals surface area contributed by atoms with E-state index in [0.29, 0.717) is 24.4 Å². The van der Waals surface area contributed by atoms with E-state index < -0.39 is 10.0 Å². The lowest BCUT2D eigenvalue weighted by atomic mass is 10.3. The number of hydrogen-bond donors (Lipinski definition) is 1. The van der Waals surface area contributed by atoms with Crippen LogP contribution < -0.4 is 4.72 Å². The summed E-state index contributed by atoms with van der Waals surface area (Å²) in [5.74, 6) is 0. The van der Waals surface area contributed by atoms with Crippen LogP contribution in [0.1, 0.15) is 47.6 Å². The third-order valence-electron chi connectivity index (χ3n) is 3.53. The quantitative estimate of drug-likeness (QED) is 0.875. The van der Waals surface area contributed by atoms with E-state index in [1.165, 1.54) is 11.3 Å². The highest BCUT2D eigenvalue weighted by molar-refractivity contribution is 7.89. The molecule has 2 heterocycles. The minimum atomic E-state index is -3.63. The van der Waals surface area contributed by atoms with Crippen LogP contribution in [0.4, 0.5) is 0 Å². The van der Waals surface area contributed by atoms with Gasteiger partial charge in [-0.2, -0.15) is 5.10 Å². The minimum Gasteiger partial charge on any atom is -0.268 e. The van der Waals surface area contributed by atoms with E-state index >= 15 is 0 Å². The first kappa shape index (κ1) is 17.1. The van der Waals surface area contributed by atoms with Gasteiger partial charge in [-0.1, -0.05) is 6.92 Å². The minimum absolute atomic E-state index is 0.279. The van der Waals surface area contributed by atoms with Crippen molar-refractivity contribution in [1.29, 1.82) is 0 Å². The lowest BCUT2D eigenvalue weighted by molar-refractivity contribution is 0.547. The number of aromatic nitrogens is 3. The molecule has 0 spiro atoms. The Kier molecular flexibility index (Phi) is 5.03. The maximum Gasteiger partial charge on any atom is 0.244 e. The van der Waals surface area contributed by atoms with Crippen molar-refractivity contribution in [1.82, 2.24) is 19.5 Å². The third kappa shape index (κ3) is 3.23. The molecule has 2 aromatic heterocycles. The highest BCUT2D eigenvalue weighted by atomic mass is 32.2. The summed E-state index contributed by atoms with van der Waals surface area (Å²) in [7, 11) is -3.63. The smallest absolute Gasteiger partial charge is 0.244 e. The van der Waals surface area contributed by atoms with E-state index in [1.807, 2.05) is 20.8 Å². The molecule has 0 saturated carbocycles. The monoisotopic (exact) mass is 342 g/mol. The van der Waals surface area contributed by atoms with Gasteiger partial charge in [0.25, 0.3) is 0 Å². The average molecular weight is 342 g/mol. The van der Waals surface area contributed by atoms with Gasteiger partial charge < -0.3 is 0 Å². The molecular formula is C14H22N4O2S2. The van der Waals surface area contributed by atoms with Gasteiger partial charge in [0.2, 0.25) is 10.0 Å². The number of nitrogens with one attached hydrogen (secondary N) is 1. The summed E-state index contributed by atoms with van der Waals surface area (Å²) in [4.78, 5) is 5.65. The number of thiazole rings is 1. The predicted molar refractivity (Wildman–Crippen MR) is 87.6 cm³/mol. The molecule has 22 heavy (non-hydrogen) atoms. The zero-order valence-electron chi connectivity index (χ0n) is 13.5. The molecule has 0 aliphatic rings. The first-order valence-electron chi connectivity index (χ1n) is 7.28. The lowest BCUT2D eigenvalue weighted by Gasteiger charge is -2.15. The molecule has 0 aliphatic carbocycles. The van der Waals surface area contributed by atoms with Gasteiger partial charge in [0.1, 0.15) is 9.90 Å². The molecule has 0 unspecified atom stereocenters. The molecule has 1 N–H and O–H groups in total. The lowest BCUT2D eigenvalue weighted by Crippen LogP contribution is -2.29. The van der Waals surface area contributed by atoms with Crippen LogP contribution in [0.2, 0.25) is 0 Å². The van der Waals surface area contributed by atoms with Crippen LogP contribution in [-0.2, 0) is 16.6 Å². The van der Waals surface area contributed by atoms with Crippen molar-refractivity contribution in [3.63, 3.8) is 0 Å². The van der Waals surface area contributed by atoms with E-state index in [0.717, 1.165) is 9.88 Å². The van der Waals surface area contributed by atoms with Crippen LogP contribution in [0.5, 0.6) is 0 Å². The molecule has 0 bridgehead atoms. The summed E-state index contributed by atoms with van der Waals surface area (Å²) in [5, 5.41) is 5.08. The second-order valence-corrected chi connectivity index (χ2v) is 8.12. The summed E-state index contributed by atoms with van der Waals surface area (Å²) >= 11 is 1.52. The average Bonchev–Trinajstić information content (AvgIpc) is 2.99. The SMILES string of the molecule is CC[C@@H](NS(=O)(=O)c1c(C)nn(CC)c1C)c1ncc(C)s1. The normalized spacial score (nSPS) is 13.5. The molecule has 8 heteroatoms. The Labute approximate surface area is 135 Å². The summed E-state index contributed by atoms with van der Waals surface area (Å²) in [5.41, 5.74) is 1.19. The predicted octanol–water partition coefficient (Wildman–Crippen LogP) is 2.71. The van der Waals surface area contributed by atoms with Crippen molar-refractivity contribution < 1.29 is 8.42 Å². The Hall–Kier alpha value is -1.25.